The molecule has 142 valence electrons. The normalized spacial score (nSPS) is 10.2. The van der Waals surface area contributed by atoms with Gasteiger partial charge in [-0.2, -0.15) is 0 Å². The highest BCUT2D eigenvalue weighted by Gasteiger charge is 2.16. The molecule has 2 aromatic rings. The molecule has 0 atom stereocenters. The van der Waals surface area contributed by atoms with Crippen molar-refractivity contribution in [3.05, 3.63) is 64.7 Å². The molecule has 2 rings (SSSR count). The molecule has 2 aromatic carbocycles. The Hall–Kier alpha value is -2.86. The summed E-state index contributed by atoms with van der Waals surface area (Å²) in [5, 5.41) is 3.25. The standard InChI is InChI=1S/C20H21ClN2O4/c1-3-27-20(26)15-8-10-17(11-9-15)22-19(25)13-23(14(2)24)12-16-6-4-5-7-18(16)21/h4-11H,3,12-13H2,1-2H3,(H,22,25). The molecule has 0 aliphatic rings. The molecule has 0 aromatic heterocycles. The maximum atomic E-state index is 12.3. The molecule has 0 radical (unpaired) electrons. The van der Waals surface area contributed by atoms with Crippen LogP contribution in [0.5, 0.6) is 0 Å². The number of rotatable bonds is 7. The van der Waals surface area contributed by atoms with E-state index in [4.69, 9.17) is 16.3 Å². The number of hydrogen-bond donors (Lipinski definition) is 1. The first-order chi connectivity index (χ1) is 12.9. The fourth-order valence-electron chi connectivity index (χ4n) is 2.39. The van der Waals surface area contributed by atoms with Gasteiger partial charge >= 0.3 is 5.97 Å². The molecule has 0 fully saturated rings. The Balaban J connectivity index is 1.98. The Bertz CT molecular complexity index is 821. The van der Waals surface area contributed by atoms with Crippen LogP contribution in [0, 0.1) is 0 Å². The van der Waals surface area contributed by atoms with E-state index in [0.717, 1.165) is 5.56 Å². The van der Waals surface area contributed by atoms with Gasteiger partial charge < -0.3 is 15.0 Å². The smallest absolute Gasteiger partial charge is 0.338 e. The topological polar surface area (TPSA) is 75.7 Å². The molecule has 0 unspecified atom stereocenters. The Morgan fingerprint density at radius 3 is 2.33 bits per heavy atom. The van der Waals surface area contributed by atoms with Crippen molar-refractivity contribution in [3.63, 3.8) is 0 Å². The van der Waals surface area contributed by atoms with Crippen molar-refractivity contribution in [2.75, 3.05) is 18.5 Å². The van der Waals surface area contributed by atoms with Crippen LogP contribution < -0.4 is 5.32 Å². The number of ether oxygens (including phenoxy) is 1. The highest BCUT2D eigenvalue weighted by atomic mass is 35.5. The Kier molecular flexibility index (Phi) is 7.37. The number of amides is 2. The summed E-state index contributed by atoms with van der Waals surface area (Å²) in [6.07, 6.45) is 0. The van der Waals surface area contributed by atoms with Crippen molar-refractivity contribution in [2.24, 2.45) is 0 Å². The maximum absolute atomic E-state index is 12.3. The fourth-order valence-corrected chi connectivity index (χ4v) is 2.58. The minimum absolute atomic E-state index is 0.111. The average Bonchev–Trinajstić information content (AvgIpc) is 2.63. The van der Waals surface area contributed by atoms with Crippen molar-refractivity contribution in [3.8, 4) is 0 Å². The molecule has 0 saturated heterocycles. The molecule has 0 spiro atoms. The molecule has 6 nitrogen and oxygen atoms in total. The third kappa shape index (κ3) is 6.11. The number of nitrogens with zero attached hydrogens (tertiary/aromatic N) is 1. The molecule has 0 aliphatic heterocycles. The van der Waals surface area contributed by atoms with E-state index >= 15 is 0 Å². The summed E-state index contributed by atoms with van der Waals surface area (Å²) in [4.78, 5) is 37.2. The summed E-state index contributed by atoms with van der Waals surface area (Å²) in [6.45, 7) is 3.56. The van der Waals surface area contributed by atoms with Gasteiger partial charge in [0.1, 0.15) is 6.54 Å². The van der Waals surface area contributed by atoms with E-state index in [2.05, 4.69) is 5.32 Å². The molecule has 0 saturated carbocycles. The maximum Gasteiger partial charge on any atom is 0.338 e. The molecule has 27 heavy (non-hydrogen) atoms. The SMILES string of the molecule is CCOC(=O)c1ccc(NC(=O)CN(Cc2ccccc2Cl)C(C)=O)cc1. The number of nitrogens with one attached hydrogen (secondary N) is 1. The predicted molar refractivity (Wildman–Crippen MR) is 104 cm³/mol. The first-order valence-corrected chi connectivity index (χ1v) is 8.84. The lowest BCUT2D eigenvalue weighted by Gasteiger charge is -2.21. The van der Waals surface area contributed by atoms with Gasteiger partial charge in [-0.05, 0) is 42.8 Å². The van der Waals surface area contributed by atoms with E-state index in [-0.39, 0.29) is 24.9 Å². The number of benzene rings is 2. The fraction of sp³-hybridized carbons (Fsp3) is 0.250. The zero-order valence-corrected chi connectivity index (χ0v) is 16.0. The van der Waals surface area contributed by atoms with Crippen molar-refractivity contribution < 1.29 is 19.1 Å². The first kappa shape index (κ1) is 20.5. The zero-order chi connectivity index (χ0) is 19.8. The van der Waals surface area contributed by atoms with Crippen LogP contribution >= 0.6 is 11.6 Å². The van der Waals surface area contributed by atoms with E-state index in [1.54, 1.807) is 43.3 Å². The van der Waals surface area contributed by atoms with Crippen LogP contribution in [-0.4, -0.2) is 35.8 Å². The van der Waals surface area contributed by atoms with Gasteiger partial charge in [-0.1, -0.05) is 29.8 Å². The second-order valence-corrected chi connectivity index (χ2v) is 6.22. The van der Waals surface area contributed by atoms with Crippen LogP contribution in [0.25, 0.3) is 0 Å². The molecule has 0 heterocycles. The van der Waals surface area contributed by atoms with E-state index in [1.807, 2.05) is 12.1 Å². The molecular weight excluding hydrogens is 368 g/mol. The number of carbonyl (C=O) groups is 3. The van der Waals surface area contributed by atoms with E-state index in [9.17, 15) is 14.4 Å². The summed E-state index contributed by atoms with van der Waals surface area (Å²) in [5.74, 6) is -0.998. The summed E-state index contributed by atoms with van der Waals surface area (Å²) in [7, 11) is 0. The first-order valence-electron chi connectivity index (χ1n) is 8.46. The van der Waals surface area contributed by atoms with Crippen LogP contribution in [0.2, 0.25) is 5.02 Å². The number of hydrogen-bond acceptors (Lipinski definition) is 4. The van der Waals surface area contributed by atoms with Crippen molar-refractivity contribution in [1.82, 2.24) is 4.90 Å². The summed E-state index contributed by atoms with van der Waals surface area (Å²) in [6, 6.07) is 13.5. The lowest BCUT2D eigenvalue weighted by molar-refractivity contribution is -0.133. The van der Waals surface area contributed by atoms with Gasteiger partial charge in [0.15, 0.2) is 0 Å². The third-order valence-corrected chi connectivity index (χ3v) is 4.15. The molecule has 0 bridgehead atoms. The number of carbonyl (C=O) groups excluding carboxylic acids is 3. The lowest BCUT2D eigenvalue weighted by atomic mass is 10.2. The van der Waals surface area contributed by atoms with E-state index in [0.29, 0.717) is 22.9 Å². The summed E-state index contributed by atoms with van der Waals surface area (Å²) >= 11 is 6.13. The Labute approximate surface area is 163 Å². The average molecular weight is 389 g/mol. The van der Waals surface area contributed by atoms with Gasteiger partial charge in [0.05, 0.1) is 12.2 Å². The quantitative estimate of drug-likeness (QED) is 0.736. The van der Waals surface area contributed by atoms with Crippen LogP contribution in [0.1, 0.15) is 29.8 Å². The zero-order valence-electron chi connectivity index (χ0n) is 15.2. The van der Waals surface area contributed by atoms with E-state index < -0.39 is 5.97 Å². The Morgan fingerprint density at radius 2 is 1.74 bits per heavy atom. The van der Waals surface area contributed by atoms with Gasteiger partial charge in [-0.25, -0.2) is 4.79 Å². The van der Waals surface area contributed by atoms with Crippen LogP contribution in [0.4, 0.5) is 5.69 Å². The molecule has 7 heteroatoms. The highest BCUT2D eigenvalue weighted by Crippen LogP contribution is 2.17. The predicted octanol–water partition coefficient (Wildman–Crippen LogP) is 3.50. The van der Waals surface area contributed by atoms with Crippen LogP contribution in [0.3, 0.4) is 0 Å². The largest absolute Gasteiger partial charge is 0.462 e. The van der Waals surface area contributed by atoms with Gasteiger partial charge in [-0.15, -0.1) is 0 Å². The highest BCUT2D eigenvalue weighted by molar-refractivity contribution is 6.31. The summed E-state index contributed by atoms with van der Waals surface area (Å²) in [5.41, 5.74) is 1.69. The van der Waals surface area contributed by atoms with Crippen LogP contribution in [-0.2, 0) is 20.9 Å². The van der Waals surface area contributed by atoms with Gasteiger partial charge in [0.25, 0.3) is 0 Å². The number of anilines is 1. The molecular formula is C20H21ClN2O4. The minimum Gasteiger partial charge on any atom is -0.462 e. The molecule has 2 amide bonds. The monoisotopic (exact) mass is 388 g/mol. The van der Waals surface area contributed by atoms with Crippen molar-refractivity contribution in [1.29, 1.82) is 0 Å². The second-order valence-electron chi connectivity index (χ2n) is 5.81. The lowest BCUT2D eigenvalue weighted by Crippen LogP contribution is -2.36. The van der Waals surface area contributed by atoms with Crippen LogP contribution in [0.15, 0.2) is 48.5 Å². The minimum atomic E-state index is -0.419. The van der Waals surface area contributed by atoms with Gasteiger partial charge in [0.2, 0.25) is 11.8 Å². The van der Waals surface area contributed by atoms with Crippen molar-refractivity contribution in [2.45, 2.75) is 20.4 Å². The molecule has 1 N–H and O–H groups in total. The molecule has 0 aliphatic carbocycles. The third-order valence-electron chi connectivity index (χ3n) is 3.78. The summed E-state index contributed by atoms with van der Waals surface area (Å²) < 4.78 is 4.91. The number of halogens is 1. The van der Waals surface area contributed by atoms with Crippen molar-refractivity contribution >= 4 is 35.1 Å². The van der Waals surface area contributed by atoms with Gasteiger partial charge in [-0.3, -0.25) is 9.59 Å². The number of esters is 1. The van der Waals surface area contributed by atoms with Gasteiger partial charge in [0, 0.05) is 24.2 Å². The Morgan fingerprint density at radius 1 is 1.07 bits per heavy atom. The van der Waals surface area contributed by atoms with E-state index in [1.165, 1.54) is 11.8 Å². The second kappa shape index (κ2) is 9.73.